The van der Waals surface area contributed by atoms with Crippen LogP contribution in [-0.4, -0.2) is 19.6 Å². The SMILES string of the molecule is COc1ccccc1CCNc1ccc(NC(=O)c2ccco2)cc1. The Hall–Kier alpha value is -3.21. The molecule has 25 heavy (non-hydrogen) atoms. The molecule has 5 nitrogen and oxygen atoms in total. The second kappa shape index (κ2) is 8.06. The zero-order valence-electron chi connectivity index (χ0n) is 14.0. The quantitative estimate of drug-likeness (QED) is 0.679. The molecule has 0 atom stereocenters. The van der Waals surface area contributed by atoms with Crippen molar-refractivity contribution in [3.63, 3.8) is 0 Å². The molecule has 128 valence electrons. The van der Waals surface area contributed by atoms with Crippen LogP contribution in [0.5, 0.6) is 5.75 Å². The first-order chi connectivity index (χ1) is 12.3. The van der Waals surface area contributed by atoms with E-state index in [9.17, 15) is 4.79 Å². The fraction of sp³-hybridized carbons (Fsp3) is 0.150. The molecule has 0 unspecified atom stereocenters. The summed E-state index contributed by atoms with van der Waals surface area (Å²) in [6, 6.07) is 18.9. The van der Waals surface area contributed by atoms with Gasteiger partial charge in [-0.1, -0.05) is 18.2 Å². The van der Waals surface area contributed by atoms with E-state index in [0.717, 1.165) is 30.1 Å². The number of rotatable bonds is 7. The molecule has 0 radical (unpaired) electrons. The van der Waals surface area contributed by atoms with E-state index in [-0.39, 0.29) is 5.91 Å². The predicted octanol–water partition coefficient (Wildman–Crippen LogP) is 4.20. The van der Waals surface area contributed by atoms with Gasteiger partial charge in [0.1, 0.15) is 5.75 Å². The number of para-hydroxylation sites is 1. The molecular formula is C20H20N2O3. The number of furan rings is 1. The predicted molar refractivity (Wildman–Crippen MR) is 98.3 cm³/mol. The van der Waals surface area contributed by atoms with Gasteiger partial charge < -0.3 is 19.8 Å². The Morgan fingerprint density at radius 2 is 1.76 bits per heavy atom. The summed E-state index contributed by atoms with van der Waals surface area (Å²) in [7, 11) is 1.68. The zero-order valence-corrected chi connectivity index (χ0v) is 14.0. The lowest BCUT2D eigenvalue weighted by molar-refractivity contribution is 0.0996. The smallest absolute Gasteiger partial charge is 0.291 e. The first-order valence-electron chi connectivity index (χ1n) is 8.07. The van der Waals surface area contributed by atoms with Crippen LogP contribution in [0.3, 0.4) is 0 Å². The normalized spacial score (nSPS) is 10.3. The van der Waals surface area contributed by atoms with Crippen LogP contribution in [0, 0.1) is 0 Å². The molecule has 1 amide bonds. The molecule has 0 aliphatic rings. The van der Waals surface area contributed by atoms with Crippen molar-refractivity contribution in [1.29, 1.82) is 0 Å². The van der Waals surface area contributed by atoms with Crippen LogP contribution in [-0.2, 0) is 6.42 Å². The molecule has 1 aromatic heterocycles. The average molecular weight is 336 g/mol. The molecule has 3 rings (SSSR count). The maximum absolute atomic E-state index is 11.9. The number of ether oxygens (including phenoxy) is 1. The summed E-state index contributed by atoms with van der Waals surface area (Å²) < 4.78 is 10.4. The molecule has 2 aromatic carbocycles. The Balaban J connectivity index is 1.52. The lowest BCUT2D eigenvalue weighted by Crippen LogP contribution is -2.11. The van der Waals surface area contributed by atoms with E-state index in [1.165, 1.54) is 11.8 Å². The highest BCUT2D eigenvalue weighted by Crippen LogP contribution is 2.19. The Bertz CT molecular complexity index is 811. The molecule has 0 spiro atoms. The zero-order chi connectivity index (χ0) is 17.5. The van der Waals surface area contributed by atoms with Gasteiger partial charge in [0.25, 0.3) is 5.91 Å². The first-order valence-corrected chi connectivity index (χ1v) is 8.07. The Morgan fingerprint density at radius 1 is 1.00 bits per heavy atom. The van der Waals surface area contributed by atoms with E-state index in [0.29, 0.717) is 5.76 Å². The van der Waals surface area contributed by atoms with Crippen LogP contribution in [0.25, 0.3) is 0 Å². The van der Waals surface area contributed by atoms with Crippen LogP contribution in [0.2, 0.25) is 0 Å². The minimum Gasteiger partial charge on any atom is -0.496 e. The van der Waals surface area contributed by atoms with Gasteiger partial charge in [0.15, 0.2) is 5.76 Å². The Morgan fingerprint density at radius 3 is 2.48 bits per heavy atom. The van der Waals surface area contributed by atoms with Crippen molar-refractivity contribution in [3.8, 4) is 5.75 Å². The molecule has 2 N–H and O–H groups in total. The maximum atomic E-state index is 11.9. The summed E-state index contributed by atoms with van der Waals surface area (Å²) in [5.74, 6) is 0.932. The number of amides is 1. The number of hydrogen-bond acceptors (Lipinski definition) is 4. The van der Waals surface area contributed by atoms with Gasteiger partial charge in [0.05, 0.1) is 13.4 Å². The summed E-state index contributed by atoms with van der Waals surface area (Å²) in [4.78, 5) is 11.9. The summed E-state index contributed by atoms with van der Waals surface area (Å²) in [5, 5.41) is 6.16. The summed E-state index contributed by atoms with van der Waals surface area (Å²) in [6.07, 6.45) is 2.34. The highest BCUT2D eigenvalue weighted by atomic mass is 16.5. The summed E-state index contributed by atoms with van der Waals surface area (Å²) >= 11 is 0. The van der Waals surface area contributed by atoms with E-state index in [4.69, 9.17) is 9.15 Å². The molecule has 3 aromatic rings. The van der Waals surface area contributed by atoms with E-state index in [2.05, 4.69) is 16.7 Å². The fourth-order valence-electron chi connectivity index (χ4n) is 2.52. The van der Waals surface area contributed by atoms with Crippen LogP contribution in [0.4, 0.5) is 11.4 Å². The number of methoxy groups -OCH3 is 1. The molecule has 1 heterocycles. The van der Waals surface area contributed by atoms with Crippen LogP contribution < -0.4 is 15.4 Å². The van der Waals surface area contributed by atoms with Gasteiger partial charge >= 0.3 is 0 Å². The van der Waals surface area contributed by atoms with Crippen molar-refractivity contribution in [2.24, 2.45) is 0 Å². The molecule has 0 aliphatic heterocycles. The monoisotopic (exact) mass is 336 g/mol. The number of hydrogen-bond donors (Lipinski definition) is 2. The third-order valence-corrected chi connectivity index (χ3v) is 3.80. The lowest BCUT2D eigenvalue weighted by atomic mass is 10.1. The molecule has 0 saturated heterocycles. The number of anilines is 2. The molecule has 0 bridgehead atoms. The van der Waals surface area contributed by atoms with Crippen LogP contribution in [0.1, 0.15) is 16.1 Å². The van der Waals surface area contributed by atoms with E-state index >= 15 is 0 Å². The molecule has 5 heteroatoms. The molecule has 0 saturated carbocycles. The molecule has 0 fully saturated rings. The Kier molecular flexibility index (Phi) is 5.36. The highest BCUT2D eigenvalue weighted by Gasteiger charge is 2.08. The summed E-state index contributed by atoms with van der Waals surface area (Å²) in [6.45, 7) is 0.790. The molecule has 0 aliphatic carbocycles. The van der Waals surface area contributed by atoms with E-state index in [1.807, 2.05) is 42.5 Å². The third kappa shape index (κ3) is 4.41. The summed E-state index contributed by atoms with van der Waals surface area (Å²) in [5.41, 5.74) is 2.88. The van der Waals surface area contributed by atoms with Gasteiger partial charge in [-0.25, -0.2) is 0 Å². The Labute approximate surface area is 146 Å². The van der Waals surface area contributed by atoms with Crippen LogP contribution >= 0.6 is 0 Å². The van der Waals surface area contributed by atoms with Crippen molar-refractivity contribution in [1.82, 2.24) is 0 Å². The van der Waals surface area contributed by atoms with Crippen molar-refractivity contribution in [3.05, 3.63) is 78.3 Å². The third-order valence-electron chi connectivity index (χ3n) is 3.80. The van der Waals surface area contributed by atoms with Crippen molar-refractivity contribution < 1.29 is 13.9 Å². The first kappa shape index (κ1) is 16.6. The van der Waals surface area contributed by atoms with Crippen LogP contribution in [0.15, 0.2) is 71.3 Å². The fourth-order valence-corrected chi connectivity index (χ4v) is 2.52. The number of carbonyl (C=O) groups is 1. The number of nitrogens with one attached hydrogen (secondary N) is 2. The lowest BCUT2D eigenvalue weighted by Gasteiger charge is -2.10. The minimum atomic E-state index is -0.262. The van der Waals surface area contributed by atoms with E-state index < -0.39 is 0 Å². The van der Waals surface area contributed by atoms with Gasteiger partial charge in [-0.05, 0) is 54.4 Å². The van der Waals surface area contributed by atoms with E-state index in [1.54, 1.807) is 19.2 Å². The van der Waals surface area contributed by atoms with Crippen molar-refractivity contribution in [2.75, 3.05) is 24.3 Å². The second-order valence-electron chi connectivity index (χ2n) is 5.50. The van der Waals surface area contributed by atoms with Gasteiger partial charge in [0, 0.05) is 17.9 Å². The minimum absolute atomic E-state index is 0.262. The maximum Gasteiger partial charge on any atom is 0.291 e. The van der Waals surface area contributed by atoms with Crippen molar-refractivity contribution in [2.45, 2.75) is 6.42 Å². The average Bonchev–Trinajstić information content (AvgIpc) is 3.18. The number of carbonyl (C=O) groups excluding carboxylic acids is 1. The topological polar surface area (TPSA) is 63.5 Å². The highest BCUT2D eigenvalue weighted by molar-refractivity contribution is 6.02. The van der Waals surface area contributed by atoms with Gasteiger partial charge in [-0.2, -0.15) is 0 Å². The van der Waals surface area contributed by atoms with Gasteiger partial charge in [-0.3, -0.25) is 4.79 Å². The van der Waals surface area contributed by atoms with Gasteiger partial charge in [-0.15, -0.1) is 0 Å². The van der Waals surface area contributed by atoms with Gasteiger partial charge in [0.2, 0.25) is 0 Å². The largest absolute Gasteiger partial charge is 0.496 e. The standard InChI is InChI=1S/C20H20N2O3/c1-24-18-6-3-2-5-15(18)12-13-21-16-8-10-17(11-9-16)22-20(23)19-7-4-14-25-19/h2-11,14,21H,12-13H2,1H3,(H,22,23). The second-order valence-corrected chi connectivity index (χ2v) is 5.50. The van der Waals surface area contributed by atoms with Crippen molar-refractivity contribution >= 4 is 17.3 Å². The number of benzene rings is 2. The molecular weight excluding hydrogens is 316 g/mol.